The molecule has 0 spiro atoms. The number of carbonyl (C=O) groups excluding carboxylic acids is 1. The van der Waals surface area contributed by atoms with E-state index in [1.165, 1.54) is 0 Å². The standard InChI is InChI=1S/C9H10BrNO2/c1-5-7-6(8(10)13-5)3-2-4-11-9(7)12/h2-4H2,1H3,(H,11,12). The molecule has 0 aromatic carbocycles. The zero-order valence-electron chi connectivity index (χ0n) is 7.32. The molecule has 0 radical (unpaired) electrons. The van der Waals surface area contributed by atoms with Gasteiger partial charge in [0, 0.05) is 12.1 Å². The van der Waals surface area contributed by atoms with E-state index in [1.807, 2.05) is 6.92 Å². The molecule has 2 heterocycles. The Morgan fingerprint density at radius 2 is 2.31 bits per heavy atom. The van der Waals surface area contributed by atoms with Gasteiger partial charge in [-0.2, -0.15) is 0 Å². The highest BCUT2D eigenvalue weighted by Gasteiger charge is 2.23. The van der Waals surface area contributed by atoms with Gasteiger partial charge >= 0.3 is 0 Å². The van der Waals surface area contributed by atoms with Crippen LogP contribution in [0.2, 0.25) is 0 Å². The fourth-order valence-corrected chi connectivity index (χ4v) is 2.27. The van der Waals surface area contributed by atoms with Gasteiger partial charge in [0.1, 0.15) is 5.76 Å². The number of fused-ring (bicyclic) bond motifs is 1. The molecule has 0 aliphatic carbocycles. The second-order valence-corrected chi connectivity index (χ2v) is 3.87. The maximum absolute atomic E-state index is 11.5. The van der Waals surface area contributed by atoms with Crippen molar-refractivity contribution in [3.63, 3.8) is 0 Å². The van der Waals surface area contributed by atoms with Crippen molar-refractivity contribution in [2.75, 3.05) is 6.54 Å². The van der Waals surface area contributed by atoms with Crippen LogP contribution in [-0.4, -0.2) is 12.5 Å². The average molecular weight is 244 g/mol. The predicted molar refractivity (Wildman–Crippen MR) is 51.8 cm³/mol. The van der Waals surface area contributed by atoms with Crippen molar-refractivity contribution in [3.05, 3.63) is 21.6 Å². The van der Waals surface area contributed by atoms with Gasteiger partial charge in [0.05, 0.1) is 5.56 Å². The largest absolute Gasteiger partial charge is 0.454 e. The van der Waals surface area contributed by atoms with Gasteiger partial charge < -0.3 is 9.73 Å². The number of amides is 1. The predicted octanol–water partition coefficient (Wildman–Crippen LogP) is 2.03. The highest BCUT2D eigenvalue weighted by Crippen LogP contribution is 2.29. The number of halogens is 1. The molecule has 0 atom stereocenters. The first kappa shape index (κ1) is 8.81. The Balaban J connectivity index is 2.56. The van der Waals surface area contributed by atoms with E-state index in [1.54, 1.807) is 0 Å². The molecule has 3 nitrogen and oxygen atoms in total. The van der Waals surface area contributed by atoms with E-state index in [0.29, 0.717) is 16.0 Å². The first-order valence-corrected chi connectivity index (χ1v) is 5.05. The van der Waals surface area contributed by atoms with Crippen molar-refractivity contribution in [2.24, 2.45) is 0 Å². The van der Waals surface area contributed by atoms with Crippen molar-refractivity contribution in [1.82, 2.24) is 5.32 Å². The molecule has 2 rings (SSSR count). The van der Waals surface area contributed by atoms with Crippen LogP contribution in [0.15, 0.2) is 9.09 Å². The van der Waals surface area contributed by atoms with Crippen molar-refractivity contribution in [3.8, 4) is 0 Å². The summed E-state index contributed by atoms with van der Waals surface area (Å²) in [4.78, 5) is 11.5. The van der Waals surface area contributed by atoms with Crippen LogP contribution in [-0.2, 0) is 6.42 Å². The minimum atomic E-state index is -0.0144. The van der Waals surface area contributed by atoms with Crippen LogP contribution in [0.4, 0.5) is 0 Å². The number of nitrogens with one attached hydrogen (secondary N) is 1. The summed E-state index contributed by atoms with van der Waals surface area (Å²) in [5.41, 5.74) is 1.72. The number of hydrogen-bond acceptors (Lipinski definition) is 2. The van der Waals surface area contributed by atoms with Gasteiger partial charge in [0.25, 0.3) is 5.91 Å². The molecule has 0 saturated carbocycles. The first-order chi connectivity index (χ1) is 6.20. The van der Waals surface area contributed by atoms with Gasteiger partial charge in [0.2, 0.25) is 0 Å². The number of carbonyl (C=O) groups is 1. The molecule has 0 fully saturated rings. The zero-order valence-corrected chi connectivity index (χ0v) is 8.90. The van der Waals surface area contributed by atoms with Gasteiger partial charge in [-0.25, -0.2) is 0 Å². The Morgan fingerprint density at radius 3 is 3.08 bits per heavy atom. The molecule has 1 N–H and O–H groups in total. The Morgan fingerprint density at radius 1 is 1.54 bits per heavy atom. The molecule has 1 amide bonds. The van der Waals surface area contributed by atoms with Crippen LogP contribution >= 0.6 is 15.9 Å². The third kappa shape index (κ3) is 1.39. The van der Waals surface area contributed by atoms with E-state index in [0.717, 1.165) is 24.9 Å². The molecule has 0 bridgehead atoms. The lowest BCUT2D eigenvalue weighted by atomic mass is 10.1. The maximum Gasteiger partial charge on any atom is 0.255 e. The number of furan rings is 1. The molecule has 4 heteroatoms. The molecule has 1 aliphatic rings. The van der Waals surface area contributed by atoms with Gasteiger partial charge in [-0.15, -0.1) is 0 Å². The Bertz CT molecular complexity index is 357. The summed E-state index contributed by atoms with van der Waals surface area (Å²) in [5, 5.41) is 2.84. The van der Waals surface area contributed by atoms with Gasteiger partial charge in [-0.3, -0.25) is 4.79 Å². The van der Waals surface area contributed by atoms with Crippen LogP contribution < -0.4 is 5.32 Å². The number of aryl methyl sites for hydroxylation is 1. The quantitative estimate of drug-likeness (QED) is 0.758. The van der Waals surface area contributed by atoms with Gasteiger partial charge in [-0.1, -0.05) is 0 Å². The average Bonchev–Trinajstić information content (AvgIpc) is 2.28. The molecular weight excluding hydrogens is 234 g/mol. The van der Waals surface area contributed by atoms with E-state index in [2.05, 4.69) is 21.2 Å². The molecular formula is C9H10BrNO2. The van der Waals surface area contributed by atoms with Crippen molar-refractivity contribution < 1.29 is 9.21 Å². The van der Waals surface area contributed by atoms with Crippen LogP contribution in [0, 0.1) is 6.92 Å². The summed E-state index contributed by atoms with van der Waals surface area (Å²) in [6.07, 6.45) is 1.86. The number of hydrogen-bond donors (Lipinski definition) is 1. The lowest BCUT2D eigenvalue weighted by Gasteiger charge is -1.97. The lowest BCUT2D eigenvalue weighted by Crippen LogP contribution is -2.22. The molecule has 1 aliphatic heterocycles. The van der Waals surface area contributed by atoms with Crippen LogP contribution in [0.25, 0.3) is 0 Å². The molecule has 70 valence electrons. The fraction of sp³-hybridized carbons (Fsp3) is 0.444. The monoisotopic (exact) mass is 243 g/mol. The maximum atomic E-state index is 11.5. The third-order valence-corrected chi connectivity index (χ3v) is 2.89. The van der Waals surface area contributed by atoms with Crippen molar-refractivity contribution >= 4 is 21.8 Å². The minimum absolute atomic E-state index is 0.0144. The second kappa shape index (κ2) is 3.18. The van der Waals surface area contributed by atoms with Gasteiger partial charge in [0.15, 0.2) is 4.67 Å². The minimum Gasteiger partial charge on any atom is -0.454 e. The van der Waals surface area contributed by atoms with Crippen molar-refractivity contribution in [2.45, 2.75) is 19.8 Å². The molecule has 1 aromatic rings. The smallest absolute Gasteiger partial charge is 0.255 e. The highest BCUT2D eigenvalue weighted by molar-refractivity contribution is 9.10. The summed E-state index contributed by atoms with van der Waals surface area (Å²) in [5.74, 6) is 0.681. The van der Waals surface area contributed by atoms with Crippen molar-refractivity contribution in [1.29, 1.82) is 0 Å². The Labute approximate surface area is 84.6 Å². The van der Waals surface area contributed by atoms with E-state index in [4.69, 9.17) is 4.42 Å². The van der Waals surface area contributed by atoms with Crippen LogP contribution in [0.1, 0.15) is 28.1 Å². The SMILES string of the molecule is Cc1oc(Br)c2c1C(=O)NCCC2. The van der Waals surface area contributed by atoms with E-state index in [-0.39, 0.29) is 5.91 Å². The fourth-order valence-electron chi connectivity index (χ4n) is 1.63. The third-order valence-electron chi connectivity index (χ3n) is 2.25. The first-order valence-electron chi connectivity index (χ1n) is 4.26. The normalized spacial score (nSPS) is 16.3. The summed E-state index contributed by atoms with van der Waals surface area (Å²) in [7, 11) is 0. The van der Waals surface area contributed by atoms with E-state index < -0.39 is 0 Å². The van der Waals surface area contributed by atoms with E-state index in [9.17, 15) is 4.79 Å². The molecule has 13 heavy (non-hydrogen) atoms. The topological polar surface area (TPSA) is 42.2 Å². The van der Waals surface area contributed by atoms with Gasteiger partial charge in [-0.05, 0) is 35.7 Å². The highest BCUT2D eigenvalue weighted by atomic mass is 79.9. The molecule has 0 saturated heterocycles. The Hall–Kier alpha value is -0.770. The lowest BCUT2D eigenvalue weighted by molar-refractivity contribution is 0.0954. The van der Waals surface area contributed by atoms with E-state index >= 15 is 0 Å². The number of rotatable bonds is 0. The van der Waals surface area contributed by atoms with Crippen LogP contribution in [0.5, 0.6) is 0 Å². The van der Waals surface area contributed by atoms with Crippen LogP contribution in [0.3, 0.4) is 0 Å². The summed E-state index contributed by atoms with van der Waals surface area (Å²) < 4.78 is 6.05. The molecule has 1 aromatic heterocycles. The Kier molecular flexibility index (Phi) is 2.15. The summed E-state index contributed by atoms with van der Waals surface area (Å²) in [6.45, 7) is 2.56. The second-order valence-electron chi connectivity index (χ2n) is 3.14. The summed E-state index contributed by atoms with van der Waals surface area (Å²) >= 11 is 3.32. The molecule has 0 unspecified atom stereocenters. The summed E-state index contributed by atoms with van der Waals surface area (Å²) in [6, 6.07) is 0. The zero-order chi connectivity index (χ0) is 9.42.